The molecular formula is C24H24Cl2N2O4. The summed E-state index contributed by atoms with van der Waals surface area (Å²) in [5, 5.41) is 3.60. The van der Waals surface area contributed by atoms with E-state index in [1.165, 1.54) is 0 Å². The van der Waals surface area contributed by atoms with E-state index in [-0.39, 0.29) is 43.2 Å². The van der Waals surface area contributed by atoms with Gasteiger partial charge in [-0.15, -0.1) is 0 Å². The fourth-order valence-electron chi connectivity index (χ4n) is 4.25. The summed E-state index contributed by atoms with van der Waals surface area (Å²) in [7, 11) is 0. The molecule has 1 saturated carbocycles. The zero-order valence-corrected chi connectivity index (χ0v) is 19.2. The Morgan fingerprint density at radius 2 is 1.94 bits per heavy atom. The van der Waals surface area contributed by atoms with Crippen molar-refractivity contribution in [2.45, 2.75) is 50.6 Å². The fraction of sp³-hybridized carbons (Fsp3) is 0.375. The van der Waals surface area contributed by atoms with Gasteiger partial charge in [0.05, 0.1) is 6.61 Å². The molecule has 0 bridgehead atoms. The molecule has 0 radical (unpaired) electrons. The van der Waals surface area contributed by atoms with E-state index in [0.29, 0.717) is 15.6 Å². The van der Waals surface area contributed by atoms with Crippen LogP contribution in [0.15, 0.2) is 42.5 Å². The summed E-state index contributed by atoms with van der Waals surface area (Å²) in [4.78, 5) is 40.5. The van der Waals surface area contributed by atoms with Crippen LogP contribution in [0, 0.1) is 0 Å². The van der Waals surface area contributed by atoms with Crippen molar-refractivity contribution in [2.75, 3.05) is 11.9 Å². The quantitative estimate of drug-likeness (QED) is 0.565. The number of para-hydroxylation sites is 1. The fourth-order valence-corrected chi connectivity index (χ4v) is 4.76. The van der Waals surface area contributed by atoms with Crippen molar-refractivity contribution in [3.8, 4) is 0 Å². The summed E-state index contributed by atoms with van der Waals surface area (Å²) in [5.74, 6) is -1.12. The highest BCUT2D eigenvalue weighted by molar-refractivity contribution is 6.35. The first kappa shape index (κ1) is 22.6. The molecule has 2 aliphatic rings. The lowest BCUT2D eigenvalue weighted by atomic mass is 9.87. The van der Waals surface area contributed by atoms with Crippen LogP contribution in [0.25, 0.3) is 0 Å². The molecule has 0 saturated heterocycles. The molecule has 8 heteroatoms. The molecule has 1 heterocycles. The molecule has 1 fully saturated rings. The number of carbonyl (C=O) groups is 3. The number of rotatable bonds is 7. The first-order chi connectivity index (χ1) is 15.4. The van der Waals surface area contributed by atoms with E-state index < -0.39 is 12.0 Å². The predicted octanol–water partition coefficient (Wildman–Crippen LogP) is 5.10. The first-order valence-corrected chi connectivity index (χ1v) is 11.5. The smallest absolute Gasteiger partial charge is 0.333 e. The molecule has 4 rings (SSSR count). The maximum absolute atomic E-state index is 13.6. The van der Waals surface area contributed by atoms with Gasteiger partial charge in [-0.1, -0.05) is 47.5 Å². The lowest BCUT2D eigenvalue weighted by Gasteiger charge is -2.33. The summed E-state index contributed by atoms with van der Waals surface area (Å²) in [6, 6.07) is 11.3. The van der Waals surface area contributed by atoms with Crippen molar-refractivity contribution < 1.29 is 19.1 Å². The van der Waals surface area contributed by atoms with E-state index >= 15 is 0 Å². The van der Waals surface area contributed by atoms with Gasteiger partial charge in [-0.25, -0.2) is 4.79 Å². The Hall–Kier alpha value is -2.57. The minimum Gasteiger partial charge on any atom is -0.464 e. The largest absolute Gasteiger partial charge is 0.464 e. The standard InChI is InChI=1S/C24H24Cl2N2O4/c1-2-32-24(31)23(18-10-7-15(25)13-19(18)26)28(16-8-9-16)22(30)12-14-11-21(29)27-20-6-4-3-5-17(14)20/h3-7,10,13-14,16,23H,2,8-9,11-12H2,1H3,(H,27,29). The number of benzene rings is 2. The minimum absolute atomic E-state index is 0.0729. The number of fused-ring (bicyclic) bond motifs is 1. The number of nitrogens with zero attached hydrogens (tertiary/aromatic N) is 1. The molecule has 2 amide bonds. The number of anilines is 1. The van der Waals surface area contributed by atoms with Crippen LogP contribution in [0.2, 0.25) is 10.0 Å². The molecule has 0 spiro atoms. The van der Waals surface area contributed by atoms with Gasteiger partial charge in [0, 0.05) is 46.1 Å². The van der Waals surface area contributed by atoms with Gasteiger partial charge in [0.1, 0.15) is 0 Å². The van der Waals surface area contributed by atoms with Crippen LogP contribution in [0.1, 0.15) is 55.7 Å². The molecule has 2 atom stereocenters. The zero-order chi connectivity index (χ0) is 22.8. The Kier molecular flexibility index (Phi) is 6.72. The van der Waals surface area contributed by atoms with Gasteiger partial charge in [-0.05, 0) is 43.5 Å². The molecule has 6 nitrogen and oxygen atoms in total. The molecule has 32 heavy (non-hydrogen) atoms. The highest BCUT2D eigenvalue weighted by atomic mass is 35.5. The van der Waals surface area contributed by atoms with Crippen LogP contribution in [0.5, 0.6) is 0 Å². The van der Waals surface area contributed by atoms with Crippen molar-refractivity contribution >= 4 is 46.7 Å². The third-order valence-electron chi connectivity index (χ3n) is 5.80. The van der Waals surface area contributed by atoms with E-state index in [0.717, 1.165) is 24.1 Å². The number of nitrogens with one attached hydrogen (secondary N) is 1. The Balaban J connectivity index is 1.67. The van der Waals surface area contributed by atoms with E-state index in [1.54, 1.807) is 30.0 Å². The zero-order valence-electron chi connectivity index (χ0n) is 17.6. The Labute approximate surface area is 196 Å². The SMILES string of the molecule is CCOC(=O)C(c1ccc(Cl)cc1Cl)N(C(=O)CC1CC(=O)Nc2ccccc21)C1CC1. The summed E-state index contributed by atoms with van der Waals surface area (Å²) in [6.07, 6.45) is 1.93. The Bertz CT molecular complexity index is 1050. The van der Waals surface area contributed by atoms with Gasteiger partial charge in [0.15, 0.2) is 6.04 Å². The lowest BCUT2D eigenvalue weighted by Crippen LogP contribution is -2.42. The number of halogens is 2. The van der Waals surface area contributed by atoms with Gasteiger partial charge >= 0.3 is 5.97 Å². The summed E-state index contributed by atoms with van der Waals surface area (Å²) in [6.45, 7) is 1.91. The average Bonchev–Trinajstić information content (AvgIpc) is 3.57. The molecule has 2 unspecified atom stereocenters. The van der Waals surface area contributed by atoms with E-state index in [4.69, 9.17) is 27.9 Å². The highest BCUT2D eigenvalue weighted by Gasteiger charge is 2.43. The van der Waals surface area contributed by atoms with Gasteiger partial charge in [0.25, 0.3) is 0 Å². The Morgan fingerprint density at radius 3 is 2.62 bits per heavy atom. The molecule has 2 aromatic carbocycles. The van der Waals surface area contributed by atoms with Gasteiger partial charge in [-0.3, -0.25) is 9.59 Å². The third kappa shape index (κ3) is 4.76. The van der Waals surface area contributed by atoms with E-state index in [9.17, 15) is 14.4 Å². The number of esters is 1. The van der Waals surface area contributed by atoms with Crippen LogP contribution in [0.4, 0.5) is 5.69 Å². The highest BCUT2D eigenvalue weighted by Crippen LogP contribution is 2.41. The van der Waals surface area contributed by atoms with Crippen molar-refractivity contribution in [1.29, 1.82) is 0 Å². The molecule has 2 aromatic rings. The third-order valence-corrected chi connectivity index (χ3v) is 6.36. The maximum Gasteiger partial charge on any atom is 0.333 e. The number of amides is 2. The number of ether oxygens (including phenoxy) is 1. The average molecular weight is 475 g/mol. The maximum atomic E-state index is 13.6. The van der Waals surface area contributed by atoms with Crippen LogP contribution < -0.4 is 5.32 Å². The number of hydrogen-bond donors (Lipinski definition) is 1. The monoisotopic (exact) mass is 474 g/mol. The summed E-state index contributed by atoms with van der Waals surface area (Å²) < 4.78 is 5.33. The van der Waals surface area contributed by atoms with E-state index in [1.807, 2.05) is 24.3 Å². The first-order valence-electron chi connectivity index (χ1n) is 10.7. The molecule has 1 aliphatic carbocycles. The predicted molar refractivity (Wildman–Crippen MR) is 123 cm³/mol. The normalized spacial score (nSPS) is 18.3. The molecule has 168 valence electrons. The van der Waals surface area contributed by atoms with Crippen molar-refractivity contribution in [1.82, 2.24) is 4.90 Å². The van der Waals surface area contributed by atoms with Crippen molar-refractivity contribution in [2.24, 2.45) is 0 Å². The van der Waals surface area contributed by atoms with Gasteiger partial charge < -0.3 is 15.0 Å². The second-order valence-corrected chi connectivity index (χ2v) is 8.94. The minimum atomic E-state index is -0.965. The lowest BCUT2D eigenvalue weighted by molar-refractivity contribution is -0.156. The molecule has 1 aliphatic heterocycles. The van der Waals surface area contributed by atoms with Crippen LogP contribution in [0.3, 0.4) is 0 Å². The van der Waals surface area contributed by atoms with E-state index in [2.05, 4.69) is 5.32 Å². The van der Waals surface area contributed by atoms with Crippen LogP contribution >= 0.6 is 23.2 Å². The number of hydrogen-bond acceptors (Lipinski definition) is 4. The van der Waals surface area contributed by atoms with Crippen molar-refractivity contribution in [3.05, 3.63) is 63.6 Å². The summed E-state index contributed by atoms with van der Waals surface area (Å²) >= 11 is 12.5. The van der Waals surface area contributed by atoms with Crippen molar-refractivity contribution in [3.63, 3.8) is 0 Å². The summed E-state index contributed by atoms with van der Waals surface area (Å²) in [5.41, 5.74) is 2.13. The molecule has 0 aromatic heterocycles. The molecular weight excluding hydrogens is 451 g/mol. The van der Waals surface area contributed by atoms with Crippen LogP contribution in [-0.4, -0.2) is 35.3 Å². The van der Waals surface area contributed by atoms with Gasteiger partial charge in [-0.2, -0.15) is 0 Å². The van der Waals surface area contributed by atoms with Gasteiger partial charge in [0.2, 0.25) is 11.8 Å². The number of carbonyl (C=O) groups excluding carboxylic acids is 3. The second-order valence-electron chi connectivity index (χ2n) is 8.09. The second kappa shape index (κ2) is 9.51. The Morgan fingerprint density at radius 1 is 1.19 bits per heavy atom. The topological polar surface area (TPSA) is 75.7 Å². The van der Waals surface area contributed by atoms with Crippen LogP contribution in [-0.2, 0) is 19.1 Å². The molecule has 1 N–H and O–H groups in total.